The molecule has 0 fully saturated rings. The molecule has 0 aliphatic heterocycles. The topological polar surface area (TPSA) is 35.5 Å². The number of aldehydes is 1. The van der Waals surface area contributed by atoms with Crippen molar-refractivity contribution in [1.29, 1.82) is 0 Å². The van der Waals surface area contributed by atoms with Crippen molar-refractivity contribution >= 4 is 12.4 Å². The predicted molar refractivity (Wildman–Crippen MR) is 79.4 cm³/mol. The molecular formula is C17H16O3. The second kappa shape index (κ2) is 7.14. The molecule has 3 heteroatoms. The summed E-state index contributed by atoms with van der Waals surface area (Å²) in [6.45, 7) is 0.371. The summed E-state index contributed by atoms with van der Waals surface area (Å²) >= 11 is 0. The minimum absolute atomic E-state index is 0.371. The van der Waals surface area contributed by atoms with Crippen LogP contribution >= 0.6 is 0 Å². The quantitative estimate of drug-likeness (QED) is 0.751. The van der Waals surface area contributed by atoms with Crippen molar-refractivity contribution in [2.45, 2.75) is 0 Å². The Morgan fingerprint density at radius 1 is 1.05 bits per heavy atom. The van der Waals surface area contributed by atoms with Gasteiger partial charge in [0.1, 0.15) is 6.61 Å². The summed E-state index contributed by atoms with van der Waals surface area (Å²) < 4.78 is 10.8. The van der Waals surface area contributed by atoms with Crippen molar-refractivity contribution in [1.82, 2.24) is 0 Å². The van der Waals surface area contributed by atoms with Gasteiger partial charge in [0.2, 0.25) is 0 Å². The molecule has 0 saturated carbocycles. The smallest absolute Gasteiger partial charge is 0.172 e. The van der Waals surface area contributed by atoms with E-state index in [9.17, 15) is 4.79 Å². The Hall–Kier alpha value is -2.55. The van der Waals surface area contributed by atoms with Crippen LogP contribution in [0.25, 0.3) is 6.08 Å². The average Bonchev–Trinajstić information content (AvgIpc) is 2.52. The fourth-order valence-electron chi connectivity index (χ4n) is 1.82. The summed E-state index contributed by atoms with van der Waals surface area (Å²) in [6, 6.07) is 15.2. The fraction of sp³-hybridized carbons (Fsp3) is 0.118. The van der Waals surface area contributed by atoms with Crippen LogP contribution in [-0.2, 0) is 0 Å². The van der Waals surface area contributed by atoms with Gasteiger partial charge in [0.25, 0.3) is 0 Å². The van der Waals surface area contributed by atoms with E-state index in [4.69, 9.17) is 9.47 Å². The summed E-state index contributed by atoms with van der Waals surface area (Å²) in [6.07, 6.45) is 4.63. The van der Waals surface area contributed by atoms with Crippen molar-refractivity contribution in [3.63, 3.8) is 0 Å². The monoisotopic (exact) mass is 268 g/mol. The first-order valence-corrected chi connectivity index (χ1v) is 6.31. The van der Waals surface area contributed by atoms with Crippen LogP contribution in [-0.4, -0.2) is 20.0 Å². The van der Waals surface area contributed by atoms with Gasteiger partial charge in [-0.15, -0.1) is 0 Å². The first kappa shape index (κ1) is 13.9. The summed E-state index contributed by atoms with van der Waals surface area (Å²) in [7, 11) is 1.55. The third-order valence-electron chi connectivity index (χ3n) is 2.79. The van der Waals surface area contributed by atoms with E-state index in [0.29, 0.717) is 23.7 Å². The summed E-state index contributed by atoms with van der Waals surface area (Å²) in [5.74, 6) is 1.03. The second-order valence-electron chi connectivity index (χ2n) is 4.12. The van der Waals surface area contributed by atoms with Gasteiger partial charge < -0.3 is 9.47 Å². The van der Waals surface area contributed by atoms with E-state index in [0.717, 1.165) is 11.8 Å². The molecule has 0 radical (unpaired) electrons. The minimum atomic E-state index is 0.371. The zero-order valence-corrected chi connectivity index (χ0v) is 11.3. The zero-order chi connectivity index (χ0) is 14.2. The number of para-hydroxylation sites is 1. The van der Waals surface area contributed by atoms with Crippen LogP contribution < -0.4 is 9.47 Å². The van der Waals surface area contributed by atoms with Crippen molar-refractivity contribution in [3.8, 4) is 11.5 Å². The lowest BCUT2D eigenvalue weighted by atomic mass is 10.2. The van der Waals surface area contributed by atoms with E-state index in [1.807, 2.05) is 42.5 Å². The maximum atomic E-state index is 11.0. The second-order valence-corrected chi connectivity index (χ2v) is 4.12. The molecule has 0 amide bonds. The predicted octanol–water partition coefficient (Wildman–Crippen LogP) is 3.60. The Morgan fingerprint density at radius 3 is 2.55 bits per heavy atom. The molecule has 0 saturated heterocycles. The van der Waals surface area contributed by atoms with Crippen molar-refractivity contribution in [2.75, 3.05) is 13.7 Å². The molecule has 0 spiro atoms. The lowest BCUT2D eigenvalue weighted by Gasteiger charge is -2.10. The number of benzene rings is 2. The van der Waals surface area contributed by atoms with Crippen LogP contribution in [0, 0.1) is 0 Å². The highest BCUT2D eigenvalue weighted by Crippen LogP contribution is 2.29. The molecule has 0 aromatic heterocycles. The van der Waals surface area contributed by atoms with Gasteiger partial charge in [-0.05, 0) is 23.8 Å². The lowest BCUT2D eigenvalue weighted by Crippen LogP contribution is -1.99. The number of rotatable bonds is 6. The fourth-order valence-corrected chi connectivity index (χ4v) is 1.82. The maximum Gasteiger partial charge on any atom is 0.172 e. The minimum Gasteiger partial charge on any atom is -0.493 e. The van der Waals surface area contributed by atoms with Gasteiger partial charge in [0, 0.05) is 0 Å². The highest BCUT2D eigenvalue weighted by atomic mass is 16.5. The zero-order valence-electron chi connectivity index (χ0n) is 11.3. The van der Waals surface area contributed by atoms with Gasteiger partial charge in [0.15, 0.2) is 17.8 Å². The van der Waals surface area contributed by atoms with Crippen LogP contribution in [0.1, 0.15) is 15.9 Å². The van der Waals surface area contributed by atoms with Crippen LogP contribution in [0.15, 0.2) is 54.6 Å². The molecule has 0 N–H and O–H groups in total. The van der Waals surface area contributed by atoms with Gasteiger partial charge in [-0.1, -0.05) is 42.5 Å². The van der Waals surface area contributed by atoms with Gasteiger partial charge >= 0.3 is 0 Å². The Morgan fingerprint density at radius 2 is 1.85 bits per heavy atom. The standard InChI is InChI=1S/C17H16O3/c1-19-16-11-5-10-15(13-18)17(16)20-12-6-9-14-7-3-2-4-8-14/h2-11,13H,12H2,1H3/b9-6+. The van der Waals surface area contributed by atoms with E-state index < -0.39 is 0 Å². The first-order valence-electron chi connectivity index (χ1n) is 6.31. The van der Waals surface area contributed by atoms with Crippen molar-refractivity contribution in [3.05, 3.63) is 65.7 Å². The molecule has 2 aromatic carbocycles. The summed E-state index contributed by atoms with van der Waals surface area (Å²) in [5, 5.41) is 0. The molecule has 0 unspecified atom stereocenters. The molecule has 0 aliphatic rings. The van der Waals surface area contributed by atoms with E-state index in [-0.39, 0.29) is 0 Å². The first-order chi connectivity index (χ1) is 9.85. The summed E-state index contributed by atoms with van der Waals surface area (Å²) in [5.41, 5.74) is 1.59. The van der Waals surface area contributed by atoms with Crippen molar-refractivity contribution < 1.29 is 14.3 Å². The molecule has 2 aromatic rings. The van der Waals surface area contributed by atoms with Crippen LogP contribution in [0.2, 0.25) is 0 Å². The van der Waals surface area contributed by atoms with Gasteiger partial charge in [0.05, 0.1) is 12.7 Å². The lowest BCUT2D eigenvalue weighted by molar-refractivity contribution is 0.111. The number of hydrogen-bond acceptors (Lipinski definition) is 3. The highest BCUT2D eigenvalue weighted by Gasteiger charge is 2.08. The van der Waals surface area contributed by atoms with Crippen LogP contribution in [0.4, 0.5) is 0 Å². The number of carbonyl (C=O) groups excluding carboxylic acids is 1. The number of ether oxygens (including phenoxy) is 2. The Kier molecular flexibility index (Phi) is 4.95. The van der Waals surface area contributed by atoms with E-state index >= 15 is 0 Å². The maximum absolute atomic E-state index is 11.0. The Bertz CT molecular complexity index is 588. The van der Waals surface area contributed by atoms with E-state index in [2.05, 4.69) is 0 Å². The average molecular weight is 268 g/mol. The van der Waals surface area contributed by atoms with E-state index in [1.54, 1.807) is 25.3 Å². The van der Waals surface area contributed by atoms with Crippen LogP contribution in [0.5, 0.6) is 11.5 Å². The molecule has 0 heterocycles. The Balaban J connectivity index is 2.04. The third kappa shape index (κ3) is 3.48. The molecule has 3 nitrogen and oxygen atoms in total. The largest absolute Gasteiger partial charge is 0.493 e. The molecule has 102 valence electrons. The van der Waals surface area contributed by atoms with E-state index in [1.165, 1.54) is 0 Å². The molecule has 0 atom stereocenters. The van der Waals surface area contributed by atoms with Crippen molar-refractivity contribution in [2.24, 2.45) is 0 Å². The highest BCUT2D eigenvalue weighted by molar-refractivity contribution is 5.81. The van der Waals surface area contributed by atoms with Gasteiger partial charge in [-0.25, -0.2) is 0 Å². The molecule has 0 aliphatic carbocycles. The number of hydrogen-bond donors (Lipinski definition) is 0. The van der Waals surface area contributed by atoms with Gasteiger partial charge in [-0.3, -0.25) is 4.79 Å². The molecule has 20 heavy (non-hydrogen) atoms. The van der Waals surface area contributed by atoms with Crippen LogP contribution in [0.3, 0.4) is 0 Å². The SMILES string of the molecule is COc1cccc(C=O)c1OC/C=C/c1ccccc1. The molecule has 0 bridgehead atoms. The van der Waals surface area contributed by atoms with Gasteiger partial charge in [-0.2, -0.15) is 0 Å². The number of methoxy groups -OCH3 is 1. The molecular weight excluding hydrogens is 252 g/mol. The number of carbonyl (C=O) groups is 1. The summed E-state index contributed by atoms with van der Waals surface area (Å²) in [4.78, 5) is 11.0. The Labute approximate surface area is 118 Å². The third-order valence-corrected chi connectivity index (χ3v) is 2.79. The normalized spacial score (nSPS) is 10.4. The molecule has 2 rings (SSSR count).